The van der Waals surface area contributed by atoms with Gasteiger partial charge in [-0.3, -0.25) is 14.0 Å². The van der Waals surface area contributed by atoms with E-state index in [-0.39, 0.29) is 5.91 Å². The lowest BCUT2D eigenvalue weighted by Gasteiger charge is -2.31. The molecule has 1 heterocycles. The summed E-state index contributed by atoms with van der Waals surface area (Å²) in [5.41, 5.74) is 0. The van der Waals surface area contributed by atoms with Gasteiger partial charge in [-0.15, -0.1) is 0 Å². The Morgan fingerprint density at radius 2 is 2.23 bits per heavy atom. The molecule has 0 saturated carbocycles. The van der Waals surface area contributed by atoms with E-state index in [0.29, 0.717) is 19.6 Å². The van der Waals surface area contributed by atoms with Crippen LogP contribution in [0, 0.1) is 0 Å². The molecule has 0 radical (unpaired) electrons. The van der Waals surface area contributed by atoms with Gasteiger partial charge < -0.3 is 4.52 Å². The van der Waals surface area contributed by atoms with Gasteiger partial charge in [-0.1, -0.05) is 0 Å². The van der Waals surface area contributed by atoms with Crippen molar-refractivity contribution in [3.8, 4) is 0 Å². The average Bonchev–Trinajstić information content (AvgIpc) is 2.04. The summed E-state index contributed by atoms with van der Waals surface area (Å²) in [5.74, 6) is -0.0365. The number of hydrogen-bond donors (Lipinski definition) is 0. The Kier molecular flexibility index (Phi) is 3.51. The minimum Gasteiger partial charge on any atom is -0.314 e. The van der Waals surface area contributed by atoms with Crippen LogP contribution in [0.15, 0.2) is 0 Å². The third kappa shape index (κ3) is 2.55. The van der Waals surface area contributed by atoms with Crippen molar-refractivity contribution in [2.75, 3.05) is 19.8 Å². The third-order valence-corrected chi connectivity index (χ3v) is 4.14. The summed E-state index contributed by atoms with van der Waals surface area (Å²) < 4.78 is 18.4. The first-order chi connectivity index (χ1) is 6.08. The first-order valence-corrected chi connectivity index (χ1v) is 6.63. The van der Waals surface area contributed by atoms with Gasteiger partial charge in [0, 0.05) is 19.6 Å². The van der Waals surface area contributed by atoms with Crippen molar-refractivity contribution in [3.05, 3.63) is 0 Å². The number of rotatable bonds is 3. The number of amides is 1. The highest BCUT2D eigenvalue weighted by atomic mass is 31.2. The van der Waals surface area contributed by atoms with E-state index in [0.717, 1.165) is 12.8 Å². The highest BCUT2D eigenvalue weighted by molar-refractivity contribution is 7.56. The molecule has 4 nitrogen and oxygen atoms in total. The average molecular weight is 205 g/mol. The quantitative estimate of drug-likeness (QED) is 0.660. The fourth-order valence-corrected chi connectivity index (χ4v) is 3.11. The third-order valence-electron chi connectivity index (χ3n) is 2.11. The molecule has 1 aliphatic heterocycles. The Balaban J connectivity index is 2.67. The van der Waals surface area contributed by atoms with Crippen LogP contribution in [0.3, 0.4) is 0 Å². The van der Waals surface area contributed by atoms with Crippen LogP contribution < -0.4 is 0 Å². The molecular weight excluding hydrogens is 189 g/mol. The van der Waals surface area contributed by atoms with Crippen LogP contribution in [0.2, 0.25) is 0 Å². The van der Waals surface area contributed by atoms with E-state index in [4.69, 9.17) is 4.52 Å². The lowest BCUT2D eigenvalue weighted by Crippen LogP contribution is -2.32. The fraction of sp³-hybridized carbons (Fsp3) is 0.875. The van der Waals surface area contributed by atoms with Crippen molar-refractivity contribution in [1.82, 2.24) is 4.67 Å². The van der Waals surface area contributed by atoms with Gasteiger partial charge in [-0.2, -0.15) is 0 Å². The minimum absolute atomic E-state index is 0.0365. The zero-order valence-electron chi connectivity index (χ0n) is 8.15. The Bertz CT molecular complexity index is 242. The minimum atomic E-state index is -2.84. The van der Waals surface area contributed by atoms with E-state index in [9.17, 15) is 9.36 Å². The summed E-state index contributed by atoms with van der Waals surface area (Å²) >= 11 is 0. The van der Waals surface area contributed by atoms with Crippen LogP contribution in [0.4, 0.5) is 0 Å². The van der Waals surface area contributed by atoms with Crippen LogP contribution in [0.25, 0.3) is 0 Å². The molecule has 0 bridgehead atoms. The molecule has 1 unspecified atom stereocenters. The molecule has 1 aliphatic rings. The van der Waals surface area contributed by atoms with Crippen molar-refractivity contribution in [3.63, 3.8) is 0 Å². The maximum atomic E-state index is 11.9. The molecule has 0 aromatic rings. The number of piperidine rings is 1. The number of hydrogen-bond acceptors (Lipinski definition) is 3. The Hall–Kier alpha value is -0.340. The van der Waals surface area contributed by atoms with Crippen LogP contribution >= 0.6 is 7.52 Å². The largest absolute Gasteiger partial charge is 0.314 e. The van der Waals surface area contributed by atoms with Gasteiger partial charge in [0.2, 0.25) is 5.91 Å². The second-order valence-corrected chi connectivity index (χ2v) is 5.54. The van der Waals surface area contributed by atoms with Gasteiger partial charge in [0.25, 0.3) is 7.52 Å². The zero-order valence-corrected chi connectivity index (χ0v) is 9.05. The first-order valence-electron chi connectivity index (χ1n) is 4.61. The molecule has 1 amide bonds. The topological polar surface area (TPSA) is 46.6 Å². The molecule has 0 aromatic carbocycles. The molecule has 76 valence electrons. The summed E-state index contributed by atoms with van der Waals surface area (Å²) in [5, 5.41) is 0. The van der Waals surface area contributed by atoms with Crippen molar-refractivity contribution in [2.24, 2.45) is 0 Å². The van der Waals surface area contributed by atoms with Crippen molar-refractivity contribution >= 4 is 13.4 Å². The van der Waals surface area contributed by atoms with Gasteiger partial charge in [-0.05, 0) is 19.8 Å². The summed E-state index contributed by atoms with van der Waals surface area (Å²) in [7, 11) is -2.84. The fourth-order valence-electron chi connectivity index (χ4n) is 1.49. The van der Waals surface area contributed by atoms with Gasteiger partial charge in [0.05, 0.1) is 6.61 Å². The van der Waals surface area contributed by atoms with Crippen LogP contribution in [0.5, 0.6) is 0 Å². The van der Waals surface area contributed by atoms with E-state index >= 15 is 0 Å². The monoisotopic (exact) mass is 205 g/mol. The molecule has 1 atom stereocenters. The zero-order chi connectivity index (χ0) is 9.90. The van der Waals surface area contributed by atoms with Crippen molar-refractivity contribution in [1.29, 1.82) is 0 Å². The number of carbonyl (C=O) groups is 1. The lowest BCUT2D eigenvalue weighted by molar-refractivity contribution is -0.128. The highest BCUT2D eigenvalue weighted by Crippen LogP contribution is 2.48. The molecule has 0 aliphatic carbocycles. The predicted molar refractivity (Wildman–Crippen MR) is 50.7 cm³/mol. The van der Waals surface area contributed by atoms with E-state index in [1.54, 1.807) is 6.92 Å². The highest BCUT2D eigenvalue weighted by Gasteiger charge is 2.31. The summed E-state index contributed by atoms with van der Waals surface area (Å²) in [6, 6.07) is 0. The maximum Gasteiger partial charge on any atom is 0.295 e. The lowest BCUT2D eigenvalue weighted by atomic mass is 10.2. The van der Waals surface area contributed by atoms with Crippen LogP contribution in [-0.4, -0.2) is 30.4 Å². The van der Waals surface area contributed by atoms with E-state index < -0.39 is 7.52 Å². The number of carbonyl (C=O) groups excluding carboxylic acids is 1. The predicted octanol–water partition coefficient (Wildman–Crippen LogP) is 1.86. The SMILES string of the molecule is CCOP(C)(=O)N1CCCCC1=O. The molecule has 1 rings (SSSR count). The van der Waals surface area contributed by atoms with Crippen molar-refractivity contribution < 1.29 is 13.9 Å². The molecule has 1 saturated heterocycles. The molecule has 13 heavy (non-hydrogen) atoms. The molecule has 1 fully saturated rings. The first kappa shape index (κ1) is 10.7. The molecule has 0 N–H and O–H groups in total. The van der Waals surface area contributed by atoms with Crippen LogP contribution in [0.1, 0.15) is 26.2 Å². The molecular formula is C8H16NO3P. The summed E-state index contributed by atoms with van der Waals surface area (Å²) in [4.78, 5) is 11.4. The van der Waals surface area contributed by atoms with Gasteiger partial charge in [0.15, 0.2) is 0 Å². The van der Waals surface area contributed by atoms with Crippen LogP contribution in [-0.2, 0) is 13.9 Å². The van der Waals surface area contributed by atoms with Gasteiger partial charge >= 0.3 is 0 Å². The Morgan fingerprint density at radius 1 is 1.54 bits per heavy atom. The molecule has 0 aromatic heterocycles. The summed E-state index contributed by atoms with van der Waals surface area (Å²) in [6.07, 6.45) is 2.34. The van der Waals surface area contributed by atoms with E-state index in [2.05, 4.69) is 0 Å². The van der Waals surface area contributed by atoms with Crippen molar-refractivity contribution in [2.45, 2.75) is 26.2 Å². The Morgan fingerprint density at radius 3 is 2.77 bits per heavy atom. The smallest absolute Gasteiger partial charge is 0.295 e. The standard InChI is InChI=1S/C8H16NO3P/c1-3-12-13(2,11)9-7-5-4-6-8(9)10/h3-7H2,1-2H3. The second kappa shape index (κ2) is 4.25. The normalized spacial score (nSPS) is 22.9. The maximum absolute atomic E-state index is 11.9. The molecule has 0 spiro atoms. The van der Waals surface area contributed by atoms with E-state index in [1.807, 2.05) is 0 Å². The van der Waals surface area contributed by atoms with Gasteiger partial charge in [0.1, 0.15) is 0 Å². The second-order valence-electron chi connectivity index (χ2n) is 3.19. The van der Waals surface area contributed by atoms with Gasteiger partial charge in [-0.25, -0.2) is 0 Å². The molecule has 5 heteroatoms. The van der Waals surface area contributed by atoms with E-state index in [1.165, 1.54) is 11.3 Å². The number of nitrogens with zero attached hydrogens (tertiary/aromatic N) is 1. The summed E-state index contributed by atoms with van der Waals surface area (Å²) in [6.45, 7) is 4.26. The Labute approximate surface area is 78.8 Å².